The van der Waals surface area contributed by atoms with Gasteiger partial charge in [-0.05, 0) is 24.6 Å². The van der Waals surface area contributed by atoms with E-state index in [0.717, 1.165) is 33.1 Å². The van der Waals surface area contributed by atoms with E-state index in [-0.39, 0.29) is 27.8 Å². The van der Waals surface area contributed by atoms with Crippen LogP contribution in [0.4, 0.5) is 0 Å². The van der Waals surface area contributed by atoms with Crippen molar-refractivity contribution in [3.63, 3.8) is 0 Å². The van der Waals surface area contributed by atoms with E-state index in [4.69, 9.17) is 9.47 Å². The van der Waals surface area contributed by atoms with E-state index in [2.05, 4.69) is 54.7 Å². The molecular formula is C15H26Br3O2Pd-. The van der Waals surface area contributed by atoms with Crippen LogP contribution in [0.15, 0.2) is 31.6 Å². The van der Waals surface area contributed by atoms with Crippen LogP contribution in [-0.4, -0.2) is 26.9 Å². The predicted octanol–water partition coefficient (Wildman–Crippen LogP) is 6.51. The molecule has 0 N–H and O–H groups in total. The molecule has 1 aromatic rings. The number of benzene rings is 1. The molecule has 0 aliphatic carbocycles. The Hall–Kier alpha value is 1.24. The van der Waals surface area contributed by atoms with Gasteiger partial charge in [-0.1, -0.05) is 68.6 Å². The first kappa shape index (κ1) is 30.2. The van der Waals surface area contributed by atoms with Crippen molar-refractivity contribution in [1.29, 1.82) is 0 Å². The summed E-state index contributed by atoms with van der Waals surface area (Å²) in [4.78, 5) is 0. The fraction of sp³-hybridized carbons (Fsp3) is 0.533. The summed E-state index contributed by atoms with van der Waals surface area (Å²) in [6, 6.07) is 5.97. The summed E-state index contributed by atoms with van der Waals surface area (Å²) in [6.45, 7) is 8.38. The Balaban J connectivity index is -0.000000114. The first-order valence-corrected chi connectivity index (χ1v) is 8.66. The number of halogens is 3. The molecule has 0 amide bonds. The second-order valence-electron chi connectivity index (χ2n) is 3.19. The zero-order valence-electron chi connectivity index (χ0n) is 13.3. The molecule has 0 saturated carbocycles. The van der Waals surface area contributed by atoms with Gasteiger partial charge in [0, 0.05) is 47.6 Å². The summed E-state index contributed by atoms with van der Waals surface area (Å²) in [5, 5.41) is 0. The number of methoxy groups -OCH3 is 1. The van der Waals surface area contributed by atoms with Crippen LogP contribution in [0.2, 0.25) is 0 Å². The molecule has 0 aliphatic rings. The van der Waals surface area contributed by atoms with Crippen molar-refractivity contribution >= 4 is 47.8 Å². The zero-order chi connectivity index (χ0) is 15.1. The van der Waals surface area contributed by atoms with Crippen LogP contribution in [0.25, 0.3) is 0 Å². The second-order valence-corrected chi connectivity index (χ2v) is 5.94. The Morgan fingerprint density at radius 3 is 1.52 bits per heavy atom. The SMILES string of the molecule is Brc1cc(Br)cc(Br)c1.CC.CCCOCCOC.[CH3-].[Pd]. The minimum Gasteiger partial charge on any atom is -0.382 e. The van der Waals surface area contributed by atoms with Crippen molar-refractivity contribution in [2.45, 2.75) is 27.2 Å². The van der Waals surface area contributed by atoms with E-state index in [1.165, 1.54) is 0 Å². The predicted molar refractivity (Wildman–Crippen MR) is 100 cm³/mol. The molecule has 1 rings (SSSR count). The van der Waals surface area contributed by atoms with Crippen LogP contribution in [0.3, 0.4) is 0 Å². The maximum atomic E-state index is 5.10. The van der Waals surface area contributed by atoms with Crippen molar-refractivity contribution in [2.24, 2.45) is 0 Å². The fourth-order valence-corrected chi connectivity index (χ4v) is 3.31. The minimum absolute atomic E-state index is 0. The van der Waals surface area contributed by atoms with E-state index in [1.54, 1.807) is 7.11 Å². The van der Waals surface area contributed by atoms with Crippen LogP contribution in [0, 0.1) is 7.43 Å². The Morgan fingerprint density at radius 1 is 0.857 bits per heavy atom. The molecule has 6 heteroatoms. The van der Waals surface area contributed by atoms with Crippen molar-refractivity contribution in [1.82, 2.24) is 0 Å². The molecule has 21 heavy (non-hydrogen) atoms. The van der Waals surface area contributed by atoms with Gasteiger partial charge in [0.1, 0.15) is 0 Å². The van der Waals surface area contributed by atoms with E-state index >= 15 is 0 Å². The summed E-state index contributed by atoms with van der Waals surface area (Å²) in [7, 11) is 1.68. The van der Waals surface area contributed by atoms with Gasteiger partial charge in [0.15, 0.2) is 0 Å². The third-order valence-electron chi connectivity index (χ3n) is 1.61. The molecule has 0 bridgehead atoms. The Morgan fingerprint density at radius 2 is 1.24 bits per heavy atom. The molecule has 0 atom stereocenters. The first-order valence-electron chi connectivity index (χ1n) is 6.28. The molecule has 1 aromatic carbocycles. The molecule has 0 heterocycles. The van der Waals surface area contributed by atoms with Gasteiger partial charge in [-0.3, -0.25) is 0 Å². The summed E-state index contributed by atoms with van der Waals surface area (Å²) in [5.41, 5.74) is 0. The zero-order valence-corrected chi connectivity index (χ0v) is 19.6. The largest absolute Gasteiger partial charge is 0.382 e. The average Bonchev–Trinajstić information content (AvgIpc) is 2.36. The van der Waals surface area contributed by atoms with Crippen molar-refractivity contribution in [3.8, 4) is 0 Å². The van der Waals surface area contributed by atoms with Crippen LogP contribution in [-0.2, 0) is 29.9 Å². The number of ether oxygens (including phenoxy) is 2. The summed E-state index contributed by atoms with van der Waals surface area (Å²) >= 11 is 10.1. The van der Waals surface area contributed by atoms with Crippen LogP contribution >= 0.6 is 47.8 Å². The molecule has 0 aromatic heterocycles. The van der Waals surface area contributed by atoms with Crippen LogP contribution < -0.4 is 0 Å². The topological polar surface area (TPSA) is 18.5 Å². The normalized spacial score (nSPS) is 8.14. The van der Waals surface area contributed by atoms with E-state index in [9.17, 15) is 0 Å². The first-order chi connectivity index (χ1) is 9.10. The molecule has 0 aliphatic heterocycles. The summed E-state index contributed by atoms with van der Waals surface area (Å²) < 4.78 is 13.1. The van der Waals surface area contributed by atoms with E-state index < -0.39 is 0 Å². The van der Waals surface area contributed by atoms with Crippen molar-refractivity contribution < 1.29 is 29.9 Å². The van der Waals surface area contributed by atoms with Gasteiger partial charge in [-0.15, -0.1) is 0 Å². The maximum Gasteiger partial charge on any atom is 0.0700 e. The van der Waals surface area contributed by atoms with Crippen molar-refractivity contribution in [3.05, 3.63) is 39.0 Å². The maximum absolute atomic E-state index is 5.10. The second kappa shape index (κ2) is 23.5. The van der Waals surface area contributed by atoms with Gasteiger partial charge < -0.3 is 16.9 Å². The minimum atomic E-state index is 0. The number of rotatable bonds is 5. The molecule has 2 nitrogen and oxygen atoms in total. The van der Waals surface area contributed by atoms with Gasteiger partial charge in [0.2, 0.25) is 0 Å². The van der Waals surface area contributed by atoms with Gasteiger partial charge >= 0.3 is 0 Å². The monoisotopic (exact) mass is 581 g/mol. The van der Waals surface area contributed by atoms with Gasteiger partial charge in [-0.2, -0.15) is 0 Å². The molecule has 0 unspecified atom stereocenters. The standard InChI is InChI=1S/C6H3Br3.C6H14O2.C2H6.CH3.Pd/c7-4-1-5(8)3-6(9)2-4;1-3-4-8-6-5-7-2;1-2;;/h1-3H;3-6H2,1-2H3;1-2H3;1H3;/q;;;-1;. The number of hydrogen-bond donors (Lipinski definition) is 0. The Bertz CT molecular complexity index is 256. The van der Waals surface area contributed by atoms with Crippen molar-refractivity contribution in [2.75, 3.05) is 26.9 Å². The molecule has 0 saturated heterocycles. The molecule has 0 spiro atoms. The summed E-state index contributed by atoms with van der Waals surface area (Å²) in [5.74, 6) is 0. The van der Waals surface area contributed by atoms with Gasteiger partial charge in [-0.25, -0.2) is 0 Å². The third-order valence-corrected chi connectivity index (χ3v) is 2.98. The quantitative estimate of drug-likeness (QED) is 0.223. The summed E-state index contributed by atoms with van der Waals surface area (Å²) in [6.07, 6.45) is 1.09. The molecule has 130 valence electrons. The molecule has 0 radical (unpaired) electrons. The van der Waals surface area contributed by atoms with E-state index in [0.29, 0.717) is 6.61 Å². The molecular weight excluding hydrogens is 558 g/mol. The van der Waals surface area contributed by atoms with Gasteiger partial charge in [0.05, 0.1) is 13.2 Å². The Labute approximate surface area is 169 Å². The van der Waals surface area contributed by atoms with Crippen LogP contribution in [0.5, 0.6) is 0 Å². The van der Waals surface area contributed by atoms with Gasteiger partial charge in [0.25, 0.3) is 0 Å². The number of hydrogen-bond acceptors (Lipinski definition) is 2. The molecule has 0 fully saturated rings. The smallest absolute Gasteiger partial charge is 0.0700 e. The van der Waals surface area contributed by atoms with E-state index in [1.807, 2.05) is 32.0 Å². The average molecular weight is 585 g/mol. The van der Waals surface area contributed by atoms with Crippen LogP contribution in [0.1, 0.15) is 27.2 Å². The Kier molecular flexibility index (Phi) is 33.8. The fourth-order valence-electron chi connectivity index (χ4n) is 0.909. The third kappa shape index (κ3) is 23.6.